The molecule has 3 N–H and O–H groups in total. The maximum Gasteiger partial charge on any atom is 0.222 e. The highest BCUT2D eigenvalue weighted by atomic mass is 15.1. The van der Waals surface area contributed by atoms with Crippen LogP contribution in [0, 0.1) is 0 Å². The van der Waals surface area contributed by atoms with Crippen LogP contribution in [0.25, 0.3) is 17.2 Å². The molecule has 2 heterocycles. The number of aromatic nitrogens is 4. The van der Waals surface area contributed by atoms with Crippen LogP contribution in [-0.2, 0) is 0 Å². The molecule has 2 rings (SSSR count). The van der Waals surface area contributed by atoms with Gasteiger partial charge in [-0.2, -0.15) is 4.98 Å². The third kappa shape index (κ3) is 1.96. The van der Waals surface area contributed by atoms with E-state index < -0.39 is 0 Å². The van der Waals surface area contributed by atoms with E-state index in [1.54, 1.807) is 6.33 Å². The molecule has 5 heteroatoms. The van der Waals surface area contributed by atoms with Crippen LogP contribution in [0.1, 0.15) is 25.5 Å². The largest absolute Gasteiger partial charge is 0.368 e. The summed E-state index contributed by atoms with van der Waals surface area (Å²) in [7, 11) is 0. The van der Waals surface area contributed by atoms with Crippen molar-refractivity contribution in [2.24, 2.45) is 0 Å². The van der Waals surface area contributed by atoms with E-state index in [0.717, 1.165) is 24.1 Å². The Hall–Kier alpha value is -1.91. The van der Waals surface area contributed by atoms with Gasteiger partial charge in [0.25, 0.3) is 0 Å². The molecular formula is C10H13N5. The van der Waals surface area contributed by atoms with Gasteiger partial charge in [0.05, 0.1) is 12.0 Å². The number of unbranched alkanes of at least 4 members (excludes halogenated alkanes) is 1. The van der Waals surface area contributed by atoms with Crippen molar-refractivity contribution in [1.82, 2.24) is 19.9 Å². The first kappa shape index (κ1) is 9.64. The number of aromatic amines is 1. The van der Waals surface area contributed by atoms with Crippen LogP contribution in [0.5, 0.6) is 0 Å². The third-order valence-electron chi connectivity index (χ3n) is 2.06. The van der Waals surface area contributed by atoms with Crippen molar-refractivity contribution >= 4 is 23.2 Å². The summed E-state index contributed by atoms with van der Waals surface area (Å²) in [6.45, 7) is 2.13. The number of nitrogens with zero attached hydrogens (tertiary/aromatic N) is 3. The average molecular weight is 203 g/mol. The molecular weight excluding hydrogens is 190 g/mol. The Bertz CT molecular complexity index is 486. The van der Waals surface area contributed by atoms with E-state index in [1.807, 2.05) is 6.08 Å². The Morgan fingerprint density at radius 1 is 1.47 bits per heavy atom. The van der Waals surface area contributed by atoms with Crippen LogP contribution in [0.4, 0.5) is 5.95 Å². The maximum atomic E-state index is 5.58. The van der Waals surface area contributed by atoms with Crippen LogP contribution >= 0.6 is 0 Å². The van der Waals surface area contributed by atoms with E-state index >= 15 is 0 Å². The summed E-state index contributed by atoms with van der Waals surface area (Å²) in [5.41, 5.74) is 7.81. The number of hydrogen-bond donors (Lipinski definition) is 2. The van der Waals surface area contributed by atoms with Gasteiger partial charge in [-0.1, -0.05) is 19.4 Å². The quantitative estimate of drug-likeness (QED) is 0.796. The monoisotopic (exact) mass is 203 g/mol. The first-order valence-electron chi connectivity index (χ1n) is 4.94. The molecule has 0 bridgehead atoms. The van der Waals surface area contributed by atoms with E-state index in [9.17, 15) is 0 Å². The number of nitrogen functional groups attached to an aromatic ring is 1. The number of allylic oxidation sites excluding steroid dienone is 1. The van der Waals surface area contributed by atoms with Gasteiger partial charge in [0.1, 0.15) is 5.52 Å². The molecule has 0 aliphatic rings. The highest BCUT2D eigenvalue weighted by Crippen LogP contribution is 2.13. The average Bonchev–Trinajstić information content (AvgIpc) is 2.65. The molecule has 0 saturated carbocycles. The zero-order chi connectivity index (χ0) is 10.7. The second-order valence-electron chi connectivity index (χ2n) is 3.26. The highest BCUT2D eigenvalue weighted by molar-refractivity contribution is 5.80. The predicted octanol–water partition coefficient (Wildman–Crippen LogP) is 1.75. The first-order chi connectivity index (χ1) is 7.31. The number of imidazole rings is 1. The fourth-order valence-electron chi connectivity index (χ4n) is 1.36. The molecule has 2 aromatic rings. The zero-order valence-electron chi connectivity index (χ0n) is 8.57. The van der Waals surface area contributed by atoms with Gasteiger partial charge in [0.2, 0.25) is 5.95 Å². The Labute approximate surface area is 87.5 Å². The fraction of sp³-hybridized carbons (Fsp3) is 0.300. The van der Waals surface area contributed by atoms with Crippen molar-refractivity contribution in [1.29, 1.82) is 0 Å². The minimum Gasteiger partial charge on any atom is -0.368 e. The van der Waals surface area contributed by atoms with Crippen LogP contribution in [0.3, 0.4) is 0 Å². The van der Waals surface area contributed by atoms with Gasteiger partial charge in [-0.25, -0.2) is 9.97 Å². The van der Waals surface area contributed by atoms with E-state index in [-0.39, 0.29) is 5.95 Å². The molecule has 0 saturated heterocycles. The summed E-state index contributed by atoms with van der Waals surface area (Å²) < 4.78 is 0. The second kappa shape index (κ2) is 4.08. The highest BCUT2D eigenvalue weighted by Gasteiger charge is 2.04. The van der Waals surface area contributed by atoms with Crippen LogP contribution in [0.2, 0.25) is 0 Å². The maximum absolute atomic E-state index is 5.58. The summed E-state index contributed by atoms with van der Waals surface area (Å²) >= 11 is 0. The molecule has 0 aliphatic heterocycles. The fourth-order valence-corrected chi connectivity index (χ4v) is 1.36. The van der Waals surface area contributed by atoms with Gasteiger partial charge in [0, 0.05) is 0 Å². The number of nitrogens with two attached hydrogens (primary N) is 1. The topological polar surface area (TPSA) is 80.5 Å². The molecule has 0 radical (unpaired) electrons. The molecule has 2 aromatic heterocycles. The minimum absolute atomic E-state index is 0.255. The third-order valence-corrected chi connectivity index (χ3v) is 2.06. The molecule has 0 aliphatic carbocycles. The SMILES string of the molecule is CCC/C=C/c1nc(N)nc2nc[nH]c12. The first-order valence-corrected chi connectivity index (χ1v) is 4.94. The zero-order valence-corrected chi connectivity index (χ0v) is 8.57. The molecule has 0 fully saturated rings. The number of H-pyrrole nitrogens is 1. The lowest BCUT2D eigenvalue weighted by Crippen LogP contribution is -1.97. The van der Waals surface area contributed by atoms with E-state index in [0.29, 0.717) is 5.65 Å². The number of anilines is 1. The lowest BCUT2D eigenvalue weighted by molar-refractivity contribution is 0.962. The van der Waals surface area contributed by atoms with E-state index in [2.05, 4.69) is 32.9 Å². The van der Waals surface area contributed by atoms with E-state index in [1.165, 1.54) is 0 Å². The number of nitrogens with one attached hydrogen (secondary N) is 1. The van der Waals surface area contributed by atoms with Crippen LogP contribution < -0.4 is 5.73 Å². The van der Waals surface area contributed by atoms with Gasteiger partial charge in [-0.05, 0) is 12.5 Å². The summed E-state index contributed by atoms with van der Waals surface area (Å²) in [4.78, 5) is 15.2. The molecule has 5 nitrogen and oxygen atoms in total. The Kier molecular flexibility index (Phi) is 2.62. The van der Waals surface area contributed by atoms with Gasteiger partial charge in [-0.3, -0.25) is 0 Å². The predicted molar refractivity (Wildman–Crippen MR) is 60.0 cm³/mol. The Balaban J connectivity index is 2.44. The molecule has 0 unspecified atom stereocenters. The van der Waals surface area contributed by atoms with Crippen molar-refractivity contribution in [3.8, 4) is 0 Å². The number of rotatable bonds is 3. The molecule has 0 atom stereocenters. The van der Waals surface area contributed by atoms with Gasteiger partial charge in [0.15, 0.2) is 5.65 Å². The second-order valence-corrected chi connectivity index (χ2v) is 3.26. The Morgan fingerprint density at radius 3 is 3.13 bits per heavy atom. The minimum atomic E-state index is 0.255. The number of hydrogen-bond acceptors (Lipinski definition) is 4. The summed E-state index contributed by atoms with van der Waals surface area (Å²) in [6, 6.07) is 0. The smallest absolute Gasteiger partial charge is 0.222 e. The van der Waals surface area contributed by atoms with Gasteiger partial charge < -0.3 is 10.7 Å². The van der Waals surface area contributed by atoms with Crippen LogP contribution in [-0.4, -0.2) is 19.9 Å². The molecule has 0 amide bonds. The summed E-state index contributed by atoms with van der Waals surface area (Å²) in [5.74, 6) is 0.255. The molecule has 78 valence electrons. The Morgan fingerprint density at radius 2 is 2.33 bits per heavy atom. The lowest BCUT2D eigenvalue weighted by atomic mass is 10.2. The molecule has 15 heavy (non-hydrogen) atoms. The lowest BCUT2D eigenvalue weighted by Gasteiger charge is -1.96. The summed E-state index contributed by atoms with van der Waals surface area (Å²) in [6.07, 6.45) is 7.75. The molecule has 0 spiro atoms. The van der Waals surface area contributed by atoms with Crippen molar-refractivity contribution in [3.63, 3.8) is 0 Å². The van der Waals surface area contributed by atoms with Crippen molar-refractivity contribution in [3.05, 3.63) is 18.1 Å². The van der Waals surface area contributed by atoms with Crippen LogP contribution in [0.15, 0.2) is 12.4 Å². The normalized spacial score (nSPS) is 11.5. The summed E-state index contributed by atoms with van der Waals surface area (Å²) in [5, 5.41) is 0. The standard InChI is InChI=1S/C10H13N5/c1-2-3-4-5-7-8-9(13-6-12-8)15-10(11)14-7/h4-6H,2-3H2,1H3,(H3,11,12,13,14,15)/b5-4+. The van der Waals surface area contributed by atoms with Gasteiger partial charge in [-0.15, -0.1) is 0 Å². The van der Waals surface area contributed by atoms with E-state index in [4.69, 9.17) is 5.73 Å². The van der Waals surface area contributed by atoms with Crippen molar-refractivity contribution < 1.29 is 0 Å². The van der Waals surface area contributed by atoms with Crippen molar-refractivity contribution in [2.75, 3.05) is 5.73 Å². The molecule has 0 aromatic carbocycles. The number of fused-ring (bicyclic) bond motifs is 1. The van der Waals surface area contributed by atoms with Gasteiger partial charge >= 0.3 is 0 Å². The van der Waals surface area contributed by atoms with Crippen molar-refractivity contribution in [2.45, 2.75) is 19.8 Å².